The molecule has 21 heavy (non-hydrogen) atoms. The van der Waals surface area contributed by atoms with Gasteiger partial charge < -0.3 is 5.11 Å². The number of alkyl halides is 3. The van der Waals surface area contributed by atoms with Crippen LogP contribution in [0.5, 0.6) is 0 Å². The maximum Gasteiger partial charge on any atom is 0.401 e. The van der Waals surface area contributed by atoms with Gasteiger partial charge in [0.15, 0.2) is 0 Å². The molecule has 114 valence electrons. The first-order valence-electron chi connectivity index (χ1n) is 6.47. The van der Waals surface area contributed by atoms with Crippen LogP contribution >= 0.6 is 11.3 Å². The van der Waals surface area contributed by atoms with E-state index in [2.05, 4.69) is 0 Å². The zero-order valence-corrected chi connectivity index (χ0v) is 12.1. The SMILES string of the molecule is OC(CN(Cc1ccccc1)CC(F)(F)F)c1ccsc1. The first-order chi connectivity index (χ1) is 9.94. The molecule has 1 unspecified atom stereocenters. The van der Waals surface area contributed by atoms with Crippen molar-refractivity contribution in [1.29, 1.82) is 0 Å². The fourth-order valence-electron chi connectivity index (χ4n) is 2.09. The van der Waals surface area contributed by atoms with Gasteiger partial charge in [0.05, 0.1) is 12.6 Å². The molecule has 2 nitrogen and oxygen atoms in total. The average molecular weight is 315 g/mol. The number of hydrogen-bond acceptors (Lipinski definition) is 3. The van der Waals surface area contributed by atoms with Crippen molar-refractivity contribution in [2.45, 2.75) is 18.8 Å². The maximum absolute atomic E-state index is 12.7. The van der Waals surface area contributed by atoms with E-state index in [4.69, 9.17) is 0 Å². The molecular weight excluding hydrogens is 299 g/mol. The summed E-state index contributed by atoms with van der Waals surface area (Å²) in [5, 5.41) is 13.6. The van der Waals surface area contributed by atoms with Crippen LogP contribution in [0.3, 0.4) is 0 Å². The van der Waals surface area contributed by atoms with E-state index < -0.39 is 18.8 Å². The molecule has 0 amide bonds. The number of benzene rings is 1. The van der Waals surface area contributed by atoms with Crippen molar-refractivity contribution in [3.63, 3.8) is 0 Å². The van der Waals surface area contributed by atoms with Crippen LogP contribution in [0, 0.1) is 0 Å². The van der Waals surface area contributed by atoms with Crippen LogP contribution in [0.2, 0.25) is 0 Å². The molecule has 2 rings (SSSR count). The molecule has 1 N–H and O–H groups in total. The highest BCUT2D eigenvalue weighted by Crippen LogP contribution is 2.22. The lowest BCUT2D eigenvalue weighted by molar-refractivity contribution is -0.149. The predicted octanol–water partition coefficient (Wildman–Crippen LogP) is 3.85. The minimum Gasteiger partial charge on any atom is -0.387 e. The lowest BCUT2D eigenvalue weighted by Gasteiger charge is -2.26. The van der Waals surface area contributed by atoms with E-state index in [0.717, 1.165) is 5.56 Å². The summed E-state index contributed by atoms with van der Waals surface area (Å²) in [5.74, 6) is 0. The van der Waals surface area contributed by atoms with Crippen molar-refractivity contribution in [3.05, 3.63) is 58.3 Å². The van der Waals surface area contributed by atoms with Crippen molar-refractivity contribution in [2.24, 2.45) is 0 Å². The summed E-state index contributed by atoms with van der Waals surface area (Å²) in [5.41, 5.74) is 1.44. The molecule has 0 saturated carbocycles. The third-order valence-corrected chi connectivity index (χ3v) is 3.71. The molecule has 1 heterocycles. The van der Waals surface area contributed by atoms with E-state index in [1.54, 1.807) is 41.1 Å². The molecule has 1 atom stereocenters. The monoisotopic (exact) mass is 315 g/mol. The van der Waals surface area contributed by atoms with Gasteiger partial charge in [-0.15, -0.1) is 0 Å². The molecular formula is C15H16F3NOS. The third kappa shape index (κ3) is 5.49. The molecule has 0 saturated heterocycles. The first-order valence-corrected chi connectivity index (χ1v) is 7.41. The third-order valence-electron chi connectivity index (χ3n) is 3.01. The second kappa shape index (κ2) is 7.06. The van der Waals surface area contributed by atoms with Crippen molar-refractivity contribution in [1.82, 2.24) is 4.90 Å². The van der Waals surface area contributed by atoms with Gasteiger partial charge in [0.2, 0.25) is 0 Å². The van der Waals surface area contributed by atoms with Crippen LogP contribution in [-0.4, -0.2) is 29.3 Å². The molecule has 0 aliphatic rings. The predicted molar refractivity (Wildman–Crippen MR) is 77.1 cm³/mol. The van der Waals surface area contributed by atoms with Crippen LogP contribution in [0.15, 0.2) is 47.2 Å². The summed E-state index contributed by atoms with van der Waals surface area (Å²) in [6, 6.07) is 10.7. The van der Waals surface area contributed by atoms with E-state index in [9.17, 15) is 18.3 Å². The fraction of sp³-hybridized carbons (Fsp3) is 0.333. The molecule has 0 aliphatic carbocycles. The Morgan fingerprint density at radius 2 is 1.86 bits per heavy atom. The Bertz CT molecular complexity index is 528. The van der Waals surface area contributed by atoms with Crippen LogP contribution in [0.4, 0.5) is 13.2 Å². The lowest BCUT2D eigenvalue weighted by Crippen LogP contribution is -2.36. The molecule has 0 radical (unpaired) electrons. The topological polar surface area (TPSA) is 23.5 Å². The Morgan fingerprint density at radius 3 is 2.43 bits per heavy atom. The second-order valence-corrected chi connectivity index (χ2v) is 5.62. The van der Waals surface area contributed by atoms with E-state index >= 15 is 0 Å². The largest absolute Gasteiger partial charge is 0.401 e. The molecule has 0 bridgehead atoms. The number of aliphatic hydroxyl groups is 1. The summed E-state index contributed by atoms with van der Waals surface area (Å²) in [6.45, 7) is -0.935. The van der Waals surface area contributed by atoms with Crippen molar-refractivity contribution < 1.29 is 18.3 Å². The average Bonchev–Trinajstić information content (AvgIpc) is 2.91. The van der Waals surface area contributed by atoms with Gasteiger partial charge in [-0.25, -0.2) is 0 Å². The minimum atomic E-state index is -4.29. The van der Waals surface area contributed by atoms with Gasteiger partial charge in [0.1, 0.15) is 0 Å². The van der Waals surface area contributed by atoms with Gasteiger partial charge in [-0.2, -0.15) is 24.5 Å². The number of nitrogens with zero attached hydrogens (tertiary/aromatic N) is 1. The summed E-state index contributed by atoms with van der Waals surface area (Å²) in [7, 11) is 0. The van der Waals surface area contributed by atoms with Gasteiger partial charge in [-0.05, 0) is 28.0 Å². The van der Waals surface area contributed by atoms with E-state index in [0.29, 0.717) is 5.56 Å². The highest BCUT2D eigenvalue weighted by molar-refractivity contribution is 7.07. The fourth-order valence-corrected chi connectivity index (χ4v) is 2.80. The Kier molecular flexibility index (Phi) is 5.39. The number of halogens is 3. The molecule has 0 fully saturated rings. The Hall–Kier alpha value is -1.37. The number of thiophene rings is 1. The zero-order chi connectivity index (χ0) is 15.3. The Balaban J connectivity index is 2.05. The standard InChI is InChI=1S/C15H16F3NOS/c16-15(17,18)11-19(8-12-4-2-1-3-5-12)9-14(20)13-6-7-21-10-13/h1-7,10,14,20H,8-9,11H2. The molecule has 2 aromatic rings. The van der Waals surface area contributed by atoms with Gasteiger partial charge in [0.25, 0.3) is 0 Å². The zero-order valence-electron chi connectivity index (χ0n) is 11.3. The van der Waals surface area contributed by atoms with E-state index in [-0.39, 0.29) is 13.1 Å². The van der Waals surface area contributed by atoms with Crippen molar-refractivity contribution in [3.8, 4) is 0 Å². The lowest BCUT2D eigenvalue weighted by atomic mass is 10.1. The van der Waals surface area contributed by atoms with Crippen LogP contribution in [-0.2, 0) is 6.54 Å². The highest BCUT2D eigenvalue weighted by Gasteiger charge is 2.31. The molecule has 6 heteroatoms. The second-order valence-electron chi connectivity index (χ2n) is 4.84. The smallest absolute Gasteiger partial charge is 0.387 e. The number of hydrogen-bond donors (Lipinski definition) is 1. The summed E-state index contributed by atoms with van der Waals surface area (Å²) >= 11 is 1.41. The summed E-state index contributed by atoms with van der Waals surface area (Å²) in [4.78, 5) is 1.22. The normalized spacial score (nSPS) is 13.6. The van der Waals surface area contributed by atoms with Crippen LogP contribution in [0.25, 0.3) is 0 Å². The maximum atomic E-state index is 12.7. The molecule has 0 aliphatic heterocycles. The quantitative estimate of drug-likeness (QED) is 0.875. The molecule has 1 aromatic carbocycles. The summed E-state index contributed by atoms with van der Waals surface area (Å²) in [6.07, 6.45) is -5.20. The van der Waals surface area contributed by atoms with Gasteiger partial charge in [-0.3, -0.25) is 4.90 Å². The van der Waals surface area contributed by atoms with Crippen molar-refractivity contribution >= 4 is 11.3 Å². The van der Waals surface area contributed by atoms with E-state index in [1.165, 1.54) is 16.2 Å². The molecule has 1 aromatic heterocycles. The van der Waals surface area contributed by atoms with Crippen LogP contribution < -0.4 is 0 Å². The van der Waals surface area contributed by atoms with Crippen LogP contribution in [0.1, 0.15) is 17.2 Å². The minimum absolute atomic E-state index is 0.0505. The Labute approximate surface area is 125 Å². The number of aliphatic hydroxyl groups excluding tert-OH is 1. The van der Waals surface area contributed by atoms with Gasteiger partial charge >= 0.3 is 6.18 Å². The number of rotatable bonds is 6. The van der Waals surface area contributed by atoms with Gasteiger partial charge in [0, 0.05) is 13.1 Å². The van der Waals surface area contributed by atoms with E-state index in [1.807, 2.05) is 6.07 Å². The first kappa shape index (κ1) is 16.0. The summed E-state index contributed by atoms with van der Waals surface area (Å²) < 4.78 is 38.0. The Morgan fingerprint density at radius 1 is 1.14 bits per heavy atom. The van der Waals surface area contributed by atoms with Crippen molar-refractivity contribution in [2.75, 3.05) is 13.1 Å². The molecule has 0 spiro atoms. The van der Waals surface area contributed by atoms with Gasteiger partial charge in [-0.1, -0.05) is 30.3 Å². The highest BCUT2D eigenvalue weighted by atomic mass is 32.1.